The third kappa shape index (κ3) is 13.6. The minimum atomic E-state index is -2.08. The zero-order chi connectivity index (χ0) is 74.4. The van der Waals surface area contributed by atoms with Crippen molar-refractivity contribution < 1.29 is 158 Å². The van der Waals surface area contributed by atoms with Crippen LogP contribution in [0, 0.1) is 50.2 Å². The van der Waals surface area contributed by atoms with Crippen molar-refractivity contribution >= 4 is 24.0 Å². The van der Waals surface area contributed by atoms with Crippen molar-refractivity contribution in [1.82, 2.24) is 0 Å². The topological polar surface area (TPSA) is 495 Å². The molecule has 0 radical (unpaired) electrons. The van der Waals surface area contributed by atoms with Gasteiger partial charge in [0.15, 0.2) is 48.9 Å². The van der Waals surface area contributed by atoms with Crippen molar-refractivity contribution in [1.29, 1.82) is 0 Å². The summed E-state index contributed by atoms with van der Waals surface area (Å²) in [6, 6.07) is 4.88. The van der Waals surface area contributed by atoms with Crippen molar-refractivity contribution in [2.45, 2.75) is 266 Å². The fourth-order valence-electron chi connectivity index (χ4n) is 19.3. The Balaban J connectivity index is 0.850. The molecule has 5 aliphatic heterocycles. The molecule has 16 N–H and O–H groups in total. The average Bonchev–Trinajstić information content (AvgIpc) is 0.669. The van der Waals surface area contributed by atoms with E-state index in [4.69, 9.17) is 61.6 Å². The van der Waals surface area contributed by atoms with E-state index in [9.17, 15) is 91.3 Å². The van der Waals surface area contributed by atoms with E-state index in [0.717, 1.165) is 11.6 Å². The first-order valence-corrected chi connectivity index (χ1v) is 35.2. The highest BCUT2D eigenvalue weighted by Crippen LogP contribution is 2.76. The average molecular weight is 1460 g/mol. The normalized spacial score (nSPS) is 48.6. The van der Waals surface area contributed by atoms with Crippen molar-refractivity contribution in [2.75, 3.05) is 40.6 Å². The van der Waals surface area contributed by atoms with Gasteiger partial charge in [0.1, 0.15) is 97.7 Å². The molecular weight excluding hydrogens is 1350 g/mol. The van der Waals surface area contributed by atoms with Crippen molar-refractivity contribution in [2.24, 2.45) is 50.2 Å². The highest BCUT2D eigenvalue weighted by Gasteiger charge is 2.74. The number of carbonyl (C=O) groups excluding carboxylic acids is 2. The van der Waals surface area contributed by atoms with Crippen LogP contribution in [0.2, 0.25) is 0 Å². The molecule has 102 heavy (non-hydrogen) atoms. The van der Waals surface area contributed by atoms with Gasteiger partial charge in [-0.25, -0.2) is 4.79 Å². The summed E-state index contributed by atoms with van der Waals surface area (Å²) in [7, 11) is 2.90. The van der Waals surface area contributed by atoms with Crippen molar-refractivity contribution in [3.05, 3.63) is 41.5 Å². The van der Waals surface area contributed by atoms with E-state index in [0.29, 0.717) is 42.7 Å². The van der Waals surface area contributed by atoms with Gasteiger partial charge in [-0.1, -0.05) is 45.4 Å². The van der Waals surface area contributed by atoms with E-state index < -0.39 is 236 Å². The van der Waals surface area contributed by atoms with Crippen molar-refractivity contribution in [3.63, 3.8) is 0 Å². The van der Waals surface area contributed by atoms with Gasteiger partial charge in [0.05, 0.1) is 69.8 Å². The van der Waals surface area contributed by atoms with Gasteiger partial charge in [0.25, 0.3) is 0 Å². The first kappa shape index (κ1) is 78.8. The van der Waals surface area contributed by atoms with Crippen LogP contribution in [0.4, 0.5) is 0 Å². The standard InChI is InChI=1S/C70H104O32/c1-29-54(99-58-49(82)45(78)39(27-92-58)97-60-50(83)46(79)43(76)37(25-71)95-60)48(81)52(85)59(93-29)100-56-53(86)55(98-42(75)15-11-31-10-13-35(90-8)36(22-31)91-9)30(2)94-62(56)102-64(89)69-19-18-65(3,4)23-33(69)32-12-14-40-66(5)24-34(74)57(101-61-51(84)47(80)44(77)38(26-72)96-61)68(7,63(87)88)41(66)16-17-67(40,6)70(32,28-73)21-20-69/h10-13,15,22,29-30,33-34,37-41,43-62,71-74,76-86H,14,16-21,23-28H2,1-9H3,(H,87,88). The molecule has 4 saturated carbocycles. The van der Waals surface area contributed by atoms with Crippen LogP contribution in [0.25, 0.3) is 6.08 Å². The van der Waals surface area contributed by atoms with Gasteiger partial charge in [-0.05, 0) is 136 Å². The predicted molar refractivity (Wildman–Crippen MR) is 344 cm³/mol. The maximum Gasteiger partial charge on any atom is 0.331 e. The number of aliphatic carboxylic acids is 1. The van der Waals surface area contributed by atoms with Gasteiger partial charge in [0, 0.05) is 11.5 Å². The van der Waals surface area contributed by atoms with E-state index in [2.05, 4.69) is 26.8 Å². The number of allylic oxidation sites excluding steroid dienone is 1. The van der Waals surface area contributed by atoms with Gasteiger partial charge in [-0.15, -0.1) is 0 Å². The molecule has 32 heteroatoms. The van der Waals surface area contributed by atoms with Crippen LogP contribution < -0.4 is 9.47 Å². The van der Waals surface area contributed by atoms with E-state index >= 15 is 4.79 Å². The van der Waals surface area contributed by atoms with Crippen LogP contribution in [0.15, 0.2) is 35.9 Å². The Morgan fingerprint density at radius 1 is 0.578 bits per heavy atom. The van der Waals surface area contributed by atoms with Crippen LogP contribution in [-0.2, 0) is 66.5 Å². The molecule has 34 unspecified atom stereocenters. The summed E-state index contributed by atoms with van der Waals surface area (Å²) >= 11 is 0. The summed E-state index contributed by atoms with van der Waals surface area (Å²) in [6.45, 7) is 10.1. The number of aliphatic hydroxyl groups excluding tert-OH is 15. The molecule has 32 nitrogen and oxygen atoms in total. The van der Waals surface area contributed by atoms with Gasteiger partial charge < -0.3 is 143 Å². The number of rotatable bonds is 19. The van der Waals surface area contributed by atoms with Crippen LogP contribution in [0.3, 0.4) is 0 Å². The number of ether oxygens (including phenoxy) is 13. The molecule has 10 aliphatic rings. The van der Waals surface area contributed by atoms with Gasteiger partial charge >= 0.3 is 17.9 Å². The summed E-state index contributed by atoms with van der Waals surface area (Å²) in [5.41, 5.74) is -5.03. The van der Waals surface area contributed by atoms with E-state index in [1.807, 2.05) is 6.92 Å². The molecule has 1 aromatic carbocycles. The maximum absolute atomic E-state index is 15.9. The number of methoxy groups -OCH3 is 2. The summed E-state index contributed by atoms with van der Waals surface area (Å²) in [6.07, 6.45) is -37.1. The summed E-state index contributed by atoms with van der Waals surface area (Å²) in [5.74, 6) is -3.91. The van der Waals surface area contributed by atoms with Gasteiger partial charge in [0.2, 0.25) is 6.29 Å². The third-order valence-electron chi connectivity index (χ3n) is 25.2. The number of aliphatic hydroxyl groups is 15. The number of carbonyl (C=O) groups is 3. The molecule has 1 aromatic rings. The summed E-state index contributed by atoms with van der Waals surface area (Å²) < 4.78 is 76.7. The second kappa shape index (κ2) is 30.1. The quantitative estimate of drug-likeness (QED) is 0.0302. The lowest BCUT2D eigenvalue weighted by molar-refractivity contribution is -0.378. The molecule has 0 amide bonds. The number of hydrogen-bond donors (Lipinski definition) is 16. The van der Waals surface area contributed by atoms with Crippen LogP contribution in [0.5, 0.6) is 11.5 Å². The molecule has 34 atom stereocenters. The largest absolute Gasteiger partial charge is 0.493 e. The smallest absolute Gasteiger partial charge is 0.331 e. The summed E-state index contributed by atoms with van der Waals surface area (Å²) in [4.78, 5) is 43.6. The zero-order valence-electron chi connectivity index (χ0n) is 58.6. The Morgan fingerprint density at radius 3 is 1.77 bits per heavy atom. The first-order valence-electron chi connectivity index (χ1n) is 35.2. The Kier molecular flexibility index (Phi) is 23.2. The highest BCUT2D eigenvalue weighted by molar-refractivity contribution is 5.87. The Labute approximate surface area is 589 Å². The molecule has 0 aromatic heterocycles. The molecule has 5 saturated heterocycles. The molecular formula is C70H104O32. The second-order valence-electron chi connectivity index (χ2n) is 31.3. The molecule has 9 fully saturated rings. The van der Waals surface area contributed by atoms with Gasteiger partial charge in [-0.3, -0.25) is 9.59 Å². The fourth-order valence-corrected chi connectivity index (χ4v) is 19.3. The Hall–Kier alpha value is -4.25. The van der Waals surface area contributed by atoms with Crippen LogP contribution >= 0.6 is 0 Å². The predicted octanol–water partition coefficient (Wildman–Crippen LogP) is -2.23. The molecule has 5 aliphatic carbocycles. The minimum absolute atomic E-state index is 0.00308. The molecule has 0 bridgehead atoms. The number of fused-ring (bicyclic) bond motifs is 7. The van der Waals surface area contributed by atoms with E-state index in [1.54, 1.807) is 18.2 Å². The fraction of sp³-hybridized carbons (Fsp3) is 0.814. The number of carboxylic acid groups (broad SMARTS) is 1. The lowest BCUT2D eigenvalue weighted by atomic mass is 9.33. The maximum atomic E-state index is 15.9. The molecule has 576 valence electrons. The number of hydrogen-bond acceptors (Lipinski definition) is 31. The second-order valence-corrected chi connectivity index (χ2v) is 31.3. The molecule has 0 spiro atoms. The first-order chi connectivity index (χ1) is 48.0. The molecule has 11 rings (SSSR count). The SMILES string of the molecule is COc1ccc(C=CC(=O)OC2C(C)OC(OC(=O)C34CCC(C)(C)CC3C3=CCC5C6(C)CC(O)C(OC7OC(CO)C(O)C(O)C7O)C(C)(C(=O)O)C6CCC5(C)C3(CO)CC4)C(OC3OC(C)C(OC4OCC(OC5OC(CO)C(O)C(O)C5O)C(O)C4O)C(O)C3O)C2O)cc1OC. The lowest BCUT2D eigenvalue weighted by Gasteiger charge is -2.71. The Bertz CT molecular complexity index is 3190. The monoisotopic (exact) mass is 1460 g/mol. The van der Waals surface area contributed by atoms with Crippen LogP contribution in [0.1, 0.15) is 112 Å². The van der Waals surface area contributed by atoms with Crippen LogP contribution in [-0.4, -0.2) is 300 Å². The minimum Gasteiger partial charge on any atom is -0.493 e. The number of carboxylic acids is 1. The number of benzene rings is 1. The lowest BCUT2D eigenvalue weighted by Crippen LogP contribution is -2.71. The molecule has 5 heterocycles. The summed E-state index contributed by atoms with van der Waals surface area (Å²) in [5, 5.41) is 178. The highest BCUT2D eigenvalue weighted by atomic mass is 16.8. The third-order valence-corrected chi connectivity index (χ3v) is 25.2. The van der Waals surface area contributed by atoms with Crippen molar-refractivity contribution in [3.8, 4) is 11.5 Å². The van der Waals surface area contributed by atoms with E-state index in [-0.39, 0.29) is 50.0 Å². The number of esters is 2. The zero-order valence-corrected chi connectivity index (χ0v) is 58.6. The van der Waals surface area contributed by atoms with Gasteiger partial charge in [-0.2, -0.15) is 0 Å². The van der Waals surface area contributed by atoms with E-state index in [1.165, 1.54) is 41.1 Å². The Morgan fingerprint density at radius 2 is 1.16 bits per heavy atom.